The molecular weight excluding hydrogens is 187 g/mol. The van der Waals surface area contributed by atoms with E-state index in [2.05, 4.69) is 9.97 Å². The van der Waals surface area contributed by atoms with Gasteiger partial charge >= 0.3 is 0 Å². The first-order chi connectivity index (χ1) is 5.09. The van der Waals surface area contributed by atoms with Crippen molar-refractivity contribution in [1.29, 1.82) is 0 Å². The topological polar surface area (TPSA) is 46.0 Å². The normalized spacial score (nSPS) is 13.1. The Labute approximate surface area is 74.0 Å². The molecule has 1 unspecified atom stereocenters. The van der Waals surface area contributed by atoms with Crippen molar-refractivity contribution in [1.82, 2.24) is 9.97 Å². The molecule has 3 nitrogen and oxygen atoms in total. The van der Waals surface area contributed by atoms with E-state index < -0.39 is 6.10 Å². The number of hydrogen-bond acceptors (Lipinski definition) is 3. The van der Waals surface area contributed by atoms with Crippen molar-refractivity contribution < 1.29 is 5.11 Å². The zero-order valence-corrected chi connectivity index (χ0v) is 7.26. The van der Waals surface area contributed by atoms with Gasteiger partial charge in [-0.2, -0.15) is 0 Å². The lowest BCUT2D eigenvalue weighted by Gasteiger charge is -2.02. The molecule has 1 aromatic heterocycles. The second-order valence-electron chi connectivity index (χ2n) is 2.06. The summed E-state index contributed by atoms with van der Waals surface area (Å²) in [5.74, 6) is 0. The van der Waals surface area contributed by atoms with Crippen molar-refractivity contribution in [2.75, 3.05) is 0 Å². The van der Waals surface area contributed by atoms with Gasteiger partial charge in [0, 0.05) is 0 Å². The van der Waals surface area contributed by atoms with Gasteiger partial charge in [-0.1, -0.05) is 11.6 Å². The lowest BCUT2D eigenvalue weighted by Crippen LogP contribution is -1.96. The molecule has 0 saturated heterocycles. The Kier molecular flexibility index (Phi) is 2.65. The summed E-state index contributed by atoms with van der Waals surface area (Å²) in [4.78, 5) is 7.38. The highest BCUT2D eigenvalue weighted by atomic mass is 35.5. The minimum atomic E-state index is -0.673. The molecule has 0 fully saturated rings. The fourth-order valence-electron chi connectivity index (χ4n) is 0.620. The summed E-state index contributed by atoms with van der Waals surface area (Å²) >= 11 is 11.0. The molecule has 1 rings (SSSR count). The van der Waals surface area contributed by atoms with Crippen molar-refractivity contribution in [2.24, 2.45) is 0 Å². The molecular formula is C6H6Cl2N2O. The van der Waals surface area contributed by atoms with Crippen LogP contribution in [0.4, 0.5) is 0 Å². The first-order valence-electron chi connectivity index (χ1n) is 2.97. The Morgan fingerprint density at radius 3 is 2.55 bits per heavy atom. The molecule has 0 aliphatic rings. The Hall–Kier alpha value is -0.380. The quantitative estimate of drug-likeness (QED) is 0.546. The summed E-state index contributed by atoms with van der Waals surface area (Å²) in [7, 11) is 0. The molecule has 0 amide bonds. The Balaban J connectivity index is 3.08. The number of nitrogens with zero attached hydrogens (tertiary/aromatic N) is 2. The largest absolute Gasteiger partial charge is 0.387 e. The molecule has 1 atom stereocenters. The van der Waals surface area contributed by atoms with Gasteiger partial charge in [-0.15, -0.1) is 0 Å². The number of aliphatic hydroxyl groups is 1. The highest BCUT2D eigenvalue weighted by Crippen LogP contribution is 2.15. The van der Waals surface area contributed by atoms with Crippen LogP contribution < -0.4 is 0 Å². The molecule has 1 N–H and O–H groups in total. The summed E-state index contributed by atoms with van der Waals surface area (Å²) < 4.78 is 0. The van der Waals surface area contributed by atoms with E-state index in [1.807, 2.05) is 0 Å². The molecule has 0 radical (unpaired) electrons. The Morgan fingerprint density at radius 1 is 1.45 bits per heavy atom. The molecule has 11 heavy (non-hydrogen) atoms. The van der Waals surface area contributed by atoms with Gasteiger partial charge in [-0.25, -0.2) is 9.97 Å². The van der Waals surface area contributed by atoms with Crippen molar-refractivity contribution in [2.45, 2.75) is 13.0 Å². The molecule has 5 heteroatoms. The second kappa shape index (κ2) is 3.34. The minimum absolute atomic E-state index is 0.0494. The minimum Gasteiger partial charge on any atom is -0.387 e. The highest BCUT2D eigenvalue weighted by molar-refractivity contribution is 6.31. The monoisotopic (exact) mass is 192 g/mol. The molecule has 0 aromatic carbocycles. The first-order valence-corrected chi connectivity index (χ1v) is 3.73. The molecule has 60 valence electrons. The number of aromatic nitrogens is 2. The molecule has 0 aliphatic heterocycles. The average molecular weight is 193 g/mol. The van der Waals surface area contributed by atoms with Crippen molar-refractivity contribution >= 4 is 23.2 Å². The lowest BCUT2D eigenvalue weighted by molar-refractivity contribution is 0.194. The Bertz CT molecular complexity index is 245. The van der Waals surface area contributed by atoms with Gasteiger partial charge in [0.15, 0.2) is 0 Å². The van der Waals surface area contributed by atoms with Crippen LogP contribution in [-0.2, 0) is 0 Å². The Morgan fingerprint density at radius 2 is 2.09 bits per heavy atom. The third-order valence-corrected chi connectivity index (χ3v) is 1.48. The molecule has 0 bridgehead atoms. The molecule has 1 aromatic rings. The molecule has 0 spiro atoms. The average Bonchev–Trinajstić information content (AvgIpc) is 1.85. The summed E-state index contributed by atoms with van der Waals surface area (Å²) in [6.45, 7) is 1.58. The fourth-order valence-corrected chi connectivity index (χ4v) is 1.04. The van der Waals surface area contributed by atoms with Crippen LogP contribution >= 0.6 is 23.2 Å². The maximum atomic E-state index is 9.07. The van der Waals surface area contributed by atoms with Gasteiger partial charge in [0.2, 0.25) is 5.28 Å². The van der Waals surface area contributed by atoms with Crippen LogP contribution in [0.5, 0.6) is 0 Å². The SMILES string of the molecule is CC(O)c1cc(Cl)nc(Cl)n1. The number of halogens is 2. The standard InChI is InChI=1S/C6H6Cl2N2O/c1-3(11)4-2-5(7)10-6(8)9-4/h2-3,11H,1H3. The van der Waals surface area contributed by atoms with E-state index in [-0.39, 0.29) is 10.4 Å². The van der Waals surface area contributed by atoms with Crippen LogP contribution in [-0.4, -0.2) is 15.1 Å². The highest BCUT2D eigenvalue weighted by Gasteiger charge is 2.05. The third kappa shape index (κ3) is 2.29. The zero-order chi connectivity index (χ0) is 8.43. The van der Waals surface area contributed by atoms with E-state index in [1.54, 1.807) is 6.92 Å². The number of hydrogen-bond donors (Lipinski definition) is 1. The van der Waals surface area contributed by atoms with Gasteiger partial charge in [0.05, 0.1) is 11.8 Å². The van der Waals surface area contributed by atoms with Crippen LogP contribution in [0, 0.1) is 0 Å². The van der Waals surface area contributed by atoms with Gasteiger partial charge < -0.3 is 5.11 Å². The van der Waals surface area contributed by atoms with Crippen LogP contribution in [0.1, 0.15) is 18.7 Å². The van der Waals surface area contributed by atoms with E-state index in [1.165, 1.54) is 6.07 Å². The van der Waals surface area contributed by atoms with E-state index in [0.29, 0.717) is 5.69 Å². The van der Waals surface area contributed by atoms with E-state index >= 15 is 0 Å². The van der Waals surface area contributed by atoms with Crippen LogP contribution in [0.15, 0.2) is 6.07 Å². The zero-order valence-electron chi connectivity index (χ0n) is 5.75. The first kappa shape index (κ1) is 8.71. The smallest absolute Gasteiger partial charge is 0.224 e. The summed E-state index contributed by atoms with van der Waals surface area (Å²) in [6.07, 6.45) is -0.673. The van der Waals surface area contributed by atoms with E-state index in [9.17, 15) is 0 Å². The van der Waals surface area contributed by atoms with E-state index in [4.69, 9.17) is 28.3 Å². The number of rotatable bonds is 1. The van der Waals surface area contributed by atoms with Crippen LogP contribution in [0.3, 0.4) is 0 Å². The van der Waals surface area contributed by atoms with Gasteiger partial charge in [0.25, 0.3) is 0 Å². The van der Waals surface area contributed by atoms with E-state index in [0.717, 1.165) is 0 Å². The number of aliphatic hydroxyl groups excluding tert-OH is 1. The third-order valence-electron chi connectivity index (χ3n) is 1.12. The summed E-state index contributed by atoms with van der Waals surface area (Å²) in [5, 5.41) is 9.35. The summed E-state index contributed by atoms with van der Waals surface area (Å²) in [5.41, 5.74) is 0.426. The predicted molar refractivity (Wildman–Crippen MR) is 42.7 cm³/mol. The van der Waals surface area contributed by atoms with Gasteiger partial charge in [-0.05, 0) is 24.6 Å². The van der Waals surface area contributed by atoms with Gasteiger partial charge in [0.1, 0.15) is 5.15 Å². The molecule has 0 saturated carbocycles. The second-order valence-corrected chi connectivity index (χ2v) is 2.79. The van der Waals surface area contributed by atoms with Crippen LogP contribution in [0.25, 0.3) is 0 Å². The molecule has 0 aliphatic carbocycles. The van der Waals surface area contributed by atoms with Crippen molar-refractivity contribution in [3.05, 3.63) is 22.2 Å². The maximum absolute atomic E-state index is 9.07. The lowest BCUT2D eigenvalue weighted by atomic mass is 10.3. The molecule has 1 heterocycles. The van der Waals surface area contributed by atoms with Crippen molar-refractivity contribution in [3.8, 4) is 0 Å². The van der Waals surface area contributed by atoms with Crippen molar-refractivity contribution in [3.63, 3.8) is 0 Å². The van der Waals surface area contributed by atoms with Crippen LogP contribution in [0.2, 0.25) is 10.4 Å². The predicted octanol–water partition coefficient (Wildman–Crippen LogP) is 1.84. The summed E-state index contributed by atoms with van der Waals surface area (Å²) in [6, 6.07) is 1.47. The fraction of sp³-hybridized carbons (Fsp3) is 0.333. The maximum Gasteiger partial charge on any atom is 0.224 e. The van der Waals surface area contributed by atoms with Gasteiger partial charge in [-0.3, -0.25) is 0 Å².